The molecule has 1 N–H and O–H groups in total. The van der Waals surface area contributed by atoms with E-state index in [0.29, 0.717) is 24.3 Å². The second kappa shape index (κ2) is 6.52. The molecular formula is C18H21NO4. The highest BCUT2D eigenvalue weighted by Gasteiger charge is 2.47. The Balaban J connectivity index is 1.84. The fourth-order valence-corrected chi connectivity index (χ4v) is 4.08. The van der Waals surface area contributed by atoms with Gasteiger partial charge in [0.15, 0.2) is 0 Å². The number of imide groups is 1. The average molecular weight is 315 g/mol. The second-order valence-corrected chi connectivity index (χ2v) is 6.49. The molecule has 1 aromatic carbocycles. The number of benzene rings is 1. The van der Waals surface area contributed by atoms with Gasteiger partial charge in [0, 0.05) is 24.4 Å². The summed E-state index contributed by atoms with van der Waals surface area (Å²) in [5.74, 6) is -0.765. The van der Waals surface area contributed by atoms with Crippen LogP contribution in [-0.4, -0.2) is 33.8 Å². The molecule has 3 atom stereocenters. The van der Waals surface area contributed by atoms with Gasteiger partial charge in [0.05, 0.1) is 0 Å². The lowest BCUT2D eigenvalue weighted by Gasteiger charge is -2.39. The molecule has 3 unspecified atom stereocenters. The van der Waals surface area contributed by atoms with E-state index < -0.39 is 5.97 Å². The van der Waals surface area contributed by atoms with Gasteiger partial charge in [-0.15, -0.1) is 0 Å². The Bertz CT molecular complexity index is 613. The Hall–Kier alpha value is -2.17. The Kier molecular flexibility index (Phi) is 4.46. The Labute approximate surface area is 135 Å². The third-order valence-corrected chi connectivity index (χ3v) is 5.14. The first-order chi connectivity index (χ1) is 11.1. The van der Waals surface area contributed by atoms with Crippen molar-refractivity contribution >= 4 is 17.8 Å². The van der Waals surface area contributed by atoms with Gasteiger partial charge in [0.25, 0.3) is 5.91 Å². The molecule has 2 aliphatic rings. The van der Waals surface area contributed by atoms with Gasteiger partial charge in [-0.05, 0) is 49.7 Å². The van der Waals surface area contributed by atoms with Gasteiger partial charge in [-0.25, -0.2) is 0 Å². The smallest absolute Gasteiger partial charge is 0.303 e. The van der Waals surface area contributed by atoms with E-state index in [1.54, 1.807) is 24.3 Å². The van der Waals surface area contributed by atoms with E-state index in [1.165, 1.54) is 4.90 Å². The molecule has 23 heavy (non-hydrogen) atoms. The fourth-order valence-electron chi connectivity index (χ4n) is 4.08. The molecule has 5 heteroatoms. The summed E-state index contributed by atoms with van der Waals surface area (Å²) in [6.07, 6.45) is 3.71. The molecule has 122 valence electrons. The van der Waals surface area contributed by atoms with Crippen LogP contribution in [0.5, 0.6) is 0 Å². The number of rotatable bonds is 4. The zero-order valence-corrected chi connectivity index (χ0v) is 13.0. The van der Waals surface area contributed by atoms with E-state index in [-0.39, 0.29) is 30.2 Å². The van der Waals surface area contributed by atoms with Crippen molar-refractivity contribution in [3.05, 3.63) is 35.9 Å². The minimum atomic E-state index is -0.823. The fraction of sp³-hybridized carbons (Fsp3) is 0.500. The van der Waals surface area contributed by atoms with Crippen LogP contribution in [0.2, 0.25) is 0 Å². The first-order valence-corrected chi connectivity index (χ1v) is 8.21. The van der Waals surface area contributed by atoms with Crippen LogP contribution in [-0.2, 0) is 9.59 Å². The summed E-state index contributed by atoms with van der Waals surface area (Å²) in [5.41, 5.74) is 0.519. The summed E-state index contributed by atoms with van der Waals surface area (Å²) in [6.45, 7) is 0. The van der Waals surface area contributed by atoms with E-state index in [4.69, 9.17) is 5.11 Å². The van der Waals surface area contributed by atoms with Crippen molar-refractivity contribution in [2.45, 2.75) is 44.6 Å². The van der Waals surface area contributed by atoms with Crippen molar-refractivity contribution in [2.75, 3.05) is 0 Å². The van der Waals surface area contributed by atoms with Gasteiger partial charge < -0.3 is 5.11 Å². The van der Waals surface area contributed by atoms with Crippen LogP contribution in [0.1, 0.15) is 48.9 Å². The van der Waals surface area contributed by atoms with Gasteiger partial charge in [0.1, 0.15) is 0 Å². The predicted octanol–water partition coefficient (Wildman–Crippen LogP) is 2.71. The van der Waals surface area contributed by atoms with E-state index >= 15 is 0 Å². The highest BCUT2D eigenvalue weighted by molar-refractivity contribution is 6.05. The van der Waals surface area contributed by atoms with Crippen LogP contribution >= 0.6 is 0 Å². The summed E-state index contributed by atoms with van der Waals surface area (Å²) in [5, 5.41) is 8.93. The topological polar surface area (TPSA) is 74.7 Å². The van der Waals surface area contributed by atoms with E-state index in [1.807, 2.05) is 6.07 Å². The lowest BCUT2D eigenvalue weighted by Crippen LogP contribution is -2.52. The van der Waals surface area contributed by atoms with E-state index in [9.17, 15) is 14.4 Å². The number of carboxylic acids is 1. The average Bonchev–Trinajstić information content (AvgIpc) is 2.96. The van der Waals surface area contributed by atoms with Crippen molar-refractivity contribution in [3.63, 3.8) is 0 Å². The minimum absolute atomic E-state index is 0.0927. The van der Waals surface area contributed by atoms with Crippen LogP contribution in [0, 0.1) is 11.8 Å². The molecule has 2 amide bonds. The molecule has 1 saturated heterocycles. The molecular weight excluding hydrogens is 294 g/mol. The quantitative estimate of drug-likeness (QED) is 0.867. The predicted molar refractivity (Wildman–Crippen MR) is 83.7 cm³/mol. The van der Waals surface area contributed by atoms with Gasteiger partial charge >= 0.3 is 5.97 Å². The van der Waals surface area contributed by atoms with E-state index in [2.05, 4.69) is 0 Å². The molecule has 1 heterocycles. The summed E-state index contributed by atoms with van der Waals surface area (Å²) in [6, 6.07) is 8.72. The zero-order chi connectivity index (χ0) is 16.4. The lowest BCUT2D eigenvalue weighted by molar-refractivity contribution is -0.137. The lowest BCUT2D eigenvalue weighted by atomic mass is 9.85. The number of nitrogens with zero attached hydrogens (tertiary/aromatic N) is 1. The first-order valence-electron chi connectivity index (χ1n) is 8.21. The highest BCUT2D eigenvalue weighted by Crippen LogP contribution is 2.43. The SMILES string of the molecule is O=C(O)CCC1CCC2CCC(=O)N(C(=O)c3ccccc3)C12. The van der Waals surface area contributed by atoms with Gasteiger partial charge in [-0.1, -0.05) is 18.2 Å². The summed E-state index contributed by atoms with van der Waals surface area (Å²) < 4.78 is 0. The number of hydrogen-bond acceptors (Lipinski definition) is 3. The number of likely N-dealkylation sites (tertiary alicyclic amines) is 1. The first kappa shape index (κ1) is 15.7. The maximum atomic E-state index is 12.8. The van der Waals surface area contributed by atoms with Crippen LogP contribution in [0.25, 0.3) is 0 Å². The standard InChI is InChI=1S/C18H21NO4/c20-15-10-8-12-6-7-13(9-11-16(21)22)17(12)19(15)18(23)14-4-2-1-3-5-14/h1-5,12-13,17H,6-11H2,(H,21,22). The molecule has 0 radical (unpaired) electrons. The third kappa shape index (κ3) is 3.14. The van der Waals surface area contributed by atoms with Gasteiger partial charge in [-0.2, -0.15) is 0 Å². The van der Waals surface area contributed by atoms with Crippen molar-refractivity contribution in [1.29, 1.82) is 0 Å². The number of fused-ring (bicyclic) bond motifs is 1. The van der Waals surface area contributed by atoms with Gasteiger partial charge in [0.2, 0.25) is 5.91 Å². The van der Waals surface area contributed by atoms with Gasteiger partial charge in [-0.3, -0.25) is 19.3 Å². The molecule has 5 nitrogen and oxygen atoms in total. The maximum Gasteiger partial charge on any atom is 0.303 e. The number of carbonyl (C=O) groups is 3. The van der Waals surface area contributed by atoms with Crippen molar-refractivity contribution in [2.24, 2.45) is 11.8 Å². The maximum absolute atomic E-state index is 12.8. The van der Waals surface area contributed by atoms with Crippen LogP contribution in [0.4, 0.5) is 0 Å². The summed E-state index contributed by atoms with van der Waals surface area (Å²) in [4.78, 5) is 37.6. The number of carboxylic acid groups (broad SMARTS) is 1. The van der Waals surface area contributed by atoms with Crippen molar-refractivity contribution in [3.8, 4) is 0 Å². The number of hydrogen-bond donors (Lipinski definition) is 1. The Morgan fingerprint density at radius 1 is 1.13 bits per heavy atom. The summed E-state index contributed by atoms with van der Waals surface area (Å²) in [7, 11) is 0. The minimum Gasteiger partial charge on any atom is -0.481 e. The molecule has 1 aromatic rings. The Morgan fingerprint density at radius 2 is 1.87 bits per heavy atom. The molecule has 1 aliphatic carbocycles. The normalized spacial score (nSPS) is 26.9. The molecule has 2 fully saturated rings. The molecule has 0 spiro atoms. The van der Waals surface area contributed by atoms with Crippen LogP contribution in [0.15, 0.2) is 30.3 Å². The molecule has 0 bridgehead atoms. The van der Waals surface area contributed by atoms with Crippen molar-refractivity contribution < 1.29 is 19.5 Å². The molecule has 1 aliphatic heterocycles. The molecule has 0 aromatic heterocycles. The molecule has 1 saturated carbocycles. The van der Waals surface area contributed by atoms with Crippen LogP contribution < -0.4 is 0 Å². The monoisotopic (exact) mass is 315 g/mol. The largest absolute Gasteiger partial charge is 0.481 e. The zero-order valence-electron chi connectivity index (χ0n) is 13.0. The highest BCUT2D eigenvalue weighted by atomic mass is 16.4. The number of carbonyl (C=O) groups excluding carboxylic acids is 2. The third-order valence-electron chi connectivity index (χ3n) is 5.14. The second-order valence-electron chi connectivity index (χ2n) is 6.49. The summed E-state index contributed by atoms with van der Waals surface area (Å²) >= 11 is 0. The number of aliphatic carboxylic acids is 1. The number of piperidine rings is 1. The number of amides is 2. The van der Waals surface area contributed by atoms with Crippen LogP contribution in [0.3, 0.4) is 0 Å². The Morgan fingerprint density at radius 3 is 2.57 bits per heavy atom. The van der Waals surface area contributed by atoms with E-state index in [0.717, 1.165) is 19.3 Å². The van der Waals surface area contributed by atoms with Crippen molar-refractivity contribution in [1.82, 2.24) is 4.90 Å². The molecule has 3 rings (SSSR count).